The summed E-state index contributed by atoms with van der Waals surface area (Å²) >= 11 is 0. The van der Waals surface area contributed by atoms with Crippen LogP contribution in [0.15, 0.2) is 18.2 Å². The third kappa shape index (κ3) is 4.61. The van der Waals surface area contributed by atoms with Gasteiger partial charge in [-0.15, -0.1) is 0 Å². The maximum atomic E-state index is 12.5. The Hall–Kier alpha value is -1.97. The second-order valence-electron chi connectivity index (χ2n) is 3.62. The van der Waals surface area contributed by atoms with Crippen molar-refractivity contribution in [1.82, 2.24) is 5.43 Å². The molecule has 0 heterocycles. The minimum absolute atomic E-state index is 0.360. The summed E-state index contributed by atoms with van der Waals surface area (Å²) in [5, 5.41) is 0. The zero-order valence-electron chi connectivity index (χ0n) is 9.60. The number of ether oxygens (including phenoxy) is 1. The maximum Gasteiger partial charge on any atom is 0.422 e. The van der Waals surface area contributed by atoms with Gasteiger partial charge in [-0.05, 0) is 18.2 Å². The summed E-state index contributed by atoms with van der Waals surface area (Å²) in [6.07, 6.45) is -9.56. The van der Waals surface area contributed by atoms with Gasteiger partial charge in [0.25, 0.3) is 5.91 Å². The Bertz CT molecular complexity index is 498. The first kappa shape index (κ1) is 16.1. The van der Waals surface area contributed by atoms with Crippen LogP contribution in [-0.4, -0.2) is 18.7 Å². The highest BCUT2D eigenvalue weighted by atomic mass is 19.4. The highest BCUT2D eigenvalue weighted by Gasteiger charge is 2.33. The largest absolute Gasteiger partial charge is 0.484 e. The molecular formula is C10H8F6N2O2. The Morgan fingerprint density at radius 3 is 2.20 bits per heavy atom. The van der Waals surface area contributed by atoms with Crippen LogP contribution in [0.2, 0.25) is 0 Å². The van der Waals surface area contributed by atoms with E-state index in [9.17, 15) is 31.1 Å². The molecule has 1 amide bonds. The van der Waals surface area contributed by atoms with Crippen LogP contribution >= 0.6 is 0 Å². The van der Waals surface area contributed by atoms with Gasteiger partial charge < -0.3 is 4.74 Å². The number of carbonyl (C=O) groups is 1. The molecule has 0 aliphatic carbocycles. The second kappa shape index (κ2) is 5.57. The summed E-state index contributed by atoms with van der Waals surface area (Å²) in [6, 6.07) is 1.53. The lowest BCUT2D eigenvalue weighted by molar-refractivity contribution is -0.153. The van der Waals surface area contributed by atoms with Gasteiger partial charge in [0.2, 0.25) is 0 Å². The van der Waals surface area contributed by atoms with Crippen molar-refractivity contribution in [3.63, 3.8) is 0 Å². The van der Waals surface area contributed by atoms with Crippen LogP contribution in [0.5, 0.6) is 5.75 Å². The highest BCUT2D eigenvalue weighted by Crippen LogP contribution is 2.33. The van der Waals surface area contributed by atoms with Gasteiger partial charge in [0, 0.05) is 5.56 Å². The molecule has 0 radical (unpaired) electrons. The minimum atomic E-state index is -4.85. The monoisotopic (exact) mass is 302 g/mol. The molecule has 112 valence electrons. The van der Waals surface area contributed by atoms with E-state index in [0.29, 0.717) is 12.1 Å². The average Bonchev–Trinajstić information content (AvgIpc) is 2.33. The fraction of sp³-hybridized carbons (Fsp3) is 0.300. The van der Waals surface area contributed by atoms with E-state index in [1.165, 1.54) is 0 Å². The fourth-order valence-electron chi connectivity index (χ4n) is 1.23. The normalized spacial score (nSPS) is 12.2. The van der Waals surface area contributed by atoms with Gasteiger partial charge >= 0.3 is 12.4 Å². The average molecular weight is 302 g/mol. The molecule has 20 heavy (non-hydrogen) atoms. The first-order valence-corrected chi connectivity index (χ1v) is 4.96. The molecule has 0 aromatic heterocycles. The van der Waals surface area contributed by atoms with Gasteiger partial charge in [-0.2, -0.15) is 26.3 Å². The van der Waals surface area contributed by atoms with Gasteiger partial charge in [-0.25, -0.2) is 5.84 Å². The van der Waals surface area contributed by atoms with Crippen molar-refractivity contribution >= 4 is 5.91 Å². The molecule has 0 aliphatic rings. The van der Waals surface area contributed by atoms with E-state index in [2.05, 4.69) is 4.74 Å². The first-order chi connectivity index (χ1) is 9.03. The summed E-state index contributed by atoms with van der Waals surface area (Å²) in [7, 11) is 0. The van der Waals surface area contributed by atoms with Crippen LogP contribution in [0.1, 0.15) is 15.9 Å². The molecule has 0 spiro atoms. The molecule has 0 bridgehead atoms. The second-order valence-corrected chi connectivity index (χ2v) is 3.62. The van der Waals surface area contributed by atoms with Crippen LogP contribution < -0.4 is 16.0 Å². The number of amides is 1. The fourth-order valence-corrected chi connectivity index (χ4v) is 1.23. The smallest absolute Gasteiger partial charge is 0.422 e. The summed E-state index contributed by atoms with van der Waals surface area (Å²) in [5.41, 5.74) is -0.318. The minimum Gasteiger partial charge on any atom is -0.484 e. The van der Waals surface area contributed by atoms with Crippen molar-refractivity contribution in [1.29, 1.82) is 0 Å². The standard InChI is InChI=1S/C10H8F6N2O2/c11-9(12,13)4-20-7-2-5(8(19)18-17)1-6(3-7)10(14,15)16/h1-3H,4,17H2,(H,18,19). The summed E-state index contributed by atoms with van der Waals surface area (Å²) in [6.45, 7) is -1.78. The zero-order valence-corrected chi connectivity index (χ0v) is 9.60. The SMILES string of the molecule is NNC(=O)c1cc(OCC(F)(F)F)cc(C(F)(F)F)c1. The number of hydrogen-bond acceptors (Lipinski definition) is 3. The Morgan fingerprint density at radius 1 is 1.15 bits per heavy atom. The predicted molar refractivity (Wildman–Crippen MR) is 54.6 cm³/mol. The van der Waals surface area contributed by atoms with Crippen LogP contribution in [-0.2, 0) is 6.18 Å². The summed E-state index contributed by atoms with van der Waals surface area (Å²) < 4.78 is 77.7. The third-order valence-corrected chi connectivity index (χ3v) is 2.03. The van der Waals surface area contributed by atoms with E-state index < -0.39 is 41.7 Å². The van der Waals surface area contributed by atoms with Crippen molar-refractivity contribution in [3.8, 4) is 5.75 Å². The van der Waals surface area contributed by atoms with E-state index in [1.807, 2.05) is 0 Å². The van der Waals surface area contributed by atoms with Crippen molar-refractivity contribution in [3.05, 3.63) is 29.3 Å². The molecule has 10 heteroatoms. The Morgan fingerprint density at radius 2 is 1.75 bits per heavy atom. The molecule has 0 atom stereocenters. The van der Waals surface area contributed by atoms with Crippen LogP contribution in [0, 0.1) is 0 Å². The van der Waals surface area contributed by atoms with Crippen molar-refractivity contribution < 1.29 is 35.9 Å². The number of halogens is 6. The quantitative estimate of drug-likeness (QED) is 0.389. The lowest BCUT2D eigenvalue weighted by atomic mass is 10.1. The van der Waals surface area contributed by atoms with Crippen molar-refractivity contribution in [2.75, 3.05) is 6.61 Å². The van der Waals surface area contributed by atoms with Crippen LogP contribution in [0.25, 0.3) is 0 Å². The number of nitrogens with one attached hydrogen (secondary N) is 1. The number of benzene rings is 1. The van der Waals surface area contributed by atoms with E-state index >= 15 is 0 Å². The number of nitrogen functional groups attached to an aromatic ring is 1. The number of carbonyl (C=O) groups excluding carboxylic acids is 1. The maximum absolute atomic E-state index is 12.5. The number of rotatable bonds is 3. The molecule has 0 aliphatic heterocycles. The Labute approximate surface area is 108 Å². The molecule has 0 fully saturated rings. The molecular weight excluding hydrogens is 294 g/mol. The van der Waals surface area contributed by atoms with Crippen LogP contribution in [0.3, 0.4) is 0 Å². The molecule has 3 N–H and O–H groups in total. The number of hydrogen-bond donors (Lipinski definition) is 2. The summed E-state index contributed by atoms with van der Waals surface area (Å²) in [5.74, 6) is 2.92. The lowest BCUT2D eigenvalue weighted by Gasteiger charge is -2.13. The molecule has 0 saturated heterocycles. The topological polar surface area (TPSA) is 64.3 Å². The third-order valence-electron chi connectivity index (χ3n) is 2.03. The van der Waals surface area contributed by atoms with Gasteiger partial charge in [-0.3, -0.25) is 10.2 Å². The first-order valence-electron chi connectivity index (χ1n) is 4.96. The van der Waals surface area contributed by atoms with E-state index in [4.69, 9.17) is 5.84 Å². The Balaban J connectivity index is 3.14. The highest BCUT2D eigenvalue weighted by molar-refractivity contribution is 5.94. The van der Waals surface area contributed by atoms with Gasteiger partial charge in [0.15, 0.2) is 6.61 Å². The number of nitrogens with two attached hydrogens (primary N) is 1. The van der Waals surface area contributed by atoms with Gasteiger partial charge in [-0.1, -0.05) is 0 Å². The zero-order chi connectivity index (χ0) is 15.6. The number of hydrazine groups is 1. The molecule has 0 saturated carbocycles. The summed E-state index contributed by atoms with van der Waals surface area (Å²) in [4.78, 5) is 11.2. The molecule has 0 unspecified atom stereocenters. The van der Waals surface area contributed by atoms with E-state index in [1.54, 1.807) is 5.43 Å². The molecule has 1 aromatic carbocycles. The molecule has 1 rings (SSSR count). The van der Waals surface area contributed by atoms with Gasteiger partial charge in [0.1, 0.15) is 5.75 Å². The Kier molecular flexibility index (Phi) is 4.48. The molecule has 1 aromatic rings. The predicted octanol–water partition coefficient (Wildman–Crippen LogP) is 2.25. The van der Waals surface area contributed by atoms with Crippen LogP contribution in [0.4, 0.5) is 26.3 Å². The van der Waals surface area contributed by atoms with Crippen molar-refractivity contribution in [2.24, 2.45) is 5.84 Å². The van der Waals surface area contributed by atoms with Crippen molar-refractivity contribution in [2.45, 2.75) is 12.4 Å². The lowest BCUT2D eigenvalue weighted by Crippen LogP contribution is -2.30. The molecule has 4 nitrogen and oxygen atoms in total. The van der Waals surface area contributed by atoms with E-state index in [-0.39, 0.29) is 0 Å². The number of alkyl halides is 6. The van der Waals surface area contributed by atoms with Gasteiger partial charge in [0.05, 0.1) is 5.56 Å². The van der Waals surface area contributed by atoms with E-state index in [0.717, 1.165) is 6.07 Å².